The second kappa shape index (κ2) is 8.49. The number of amidine groups is 1. The van der Waals surface area contributed by atoms with E-state index in [0.29, 0.717) is 12.6 Å². The first-order valence-corrected chi connectivity index (χ1v) is 5.31. The molecule has 0 aromatic heterocycles. The highest BCUT2D eigenvalue weighted by Gasteiger charge is 2.10. The summed E-state index contributed by atoms with van der Waals surface area (Å²) >= 11 is 0. The Morgan fingerprint density at radius 2 is 2.13 bits per heavy atom. The Hall–Kier alpha value is -0.810. The van der Waals surface area contributed by atoms with Gasteiger partial charge in [-0.15, -0.1) is 0 Å². The summed E-state index contributed by atoms with van der Waals surface area (Å²) in [6, 6.07) is 0.396. The maximum Gasteiger partial charge on any atom is 0.153 e. The lowest BCUT2D eigenvalue weighted by molar-refractivity contribution is 0.180. The van der Waals surface area contributed by atoms with E-state index in [4.69, 9.17) is 15.7 Å². The Balaban J connectivity index is 3.84. The van der Waals surface area contributed by atoms with Crippen LogP contribution in [0.2, 0.25) is 0 Å². The molecule has 0 aliphatic carbocycles. The van der Waals surface area contributed by atoms with E-state index in [2.05, 4.69) is 23.9 Å². The molecule has 15 heavy (non-hydrogen) atoms. The van der Waals surface area contributed by atoms with Gasteiger partial charge < -0.3 is 15.7 Å². The molecule has 0 unspecified atom stereocenters. The Labute approximate surface area is 91.9 Å². The van der Waals surface area contributed by atoms with Crippen LogP contribution in [-0.2, 0) is 4.74 Å². The number of ether oxygens (including phenoxy) is 1. The Morgan fingerprint density at radius 1 is 1.47 bits per heavy atom. The average molecular weight is 217 g/mol. The van der Waals surface area contributed by atoms with Crippen LogP contribution in [0.4, 0.5) is 0 Å². The smallest absolute Gasteiger partial charge is 0.153 e. The van der Waals surface area contributed by atoms with Gasteiger partial charge in [0.25, 0.3) is 0 Å². The van der Waals surface area contributed by atoms with E-state index < -0.39 is 0 Å². The zero-order chi connectivity index (χ0) is 11.7. The molecule has 0 bridgehead atoms. The lowest BCUT2D eigenvalue weighted by Crippen LogP contribution is -2.39. The molecule has 0 saturated heterocycles. The molecule has 0 aromatic rings. The molecule has 0 saturated carbocycles. The van der Waals surface area contributed by atoms with Crippen molar-refractivity contribution in [2.75, 3.05) is 26.8 Å². The summed E-state index contributed by atoms with van der Waals surface area (Å²) < 4.78 is 4.98. The van der Waals surface area contributed by atoms with Crippen molar-refractivity contribution in [3.8, 4) is 0 Å². The summed E-state index contributed by atoms with van der Waals surface area (Å²) in [7, 11) is 1.70. The summed E-state index contributed by atoms with van der Waals surface area (Å²) in [6.07, 6.45) is 2.10. The minimum Gasteiger partial charge on any atom is -0.409 e. The lowest BCUT2D eigenvalue weighted by atomic mass is 10.2. The van der Waals surface area contributed by atoms with Gasteiger partial charge in [-0.05, 0) is 33.2 Å². The predicted molar refractivity (Wildman–Crippen MR) is 61.2 cm³/mol. The van der Waals surface area contributed by atoms with Crippen LogP contribution < -0.4 is 5.73 Å². The Kier molecular flexibility index (Phi) is 8.04. The minimum absolute atomic E-state index is 0.260. The molecular formula is C10H23N3O2. The molecule has 0 spiro atoms. The topological polar surface area (TPSA) is 71.1 Å². The van der Waals surface area contributed by atoms with Gasteiger partial charge in [0.05, 0.1) is 6.54 Å². The minimum atomic E-state index is 0.260. The molecule has 3 N–H and O–H groups in total. The third-order valence-electron chi connectivity index (χ3n) is 2.27. The van der Waals surface area contributed by atoms with Gasteiger partial charge in [0.2, 0.25) is 0 Å². The van der Waals surface area contributed by atoms with E-state index in [1.165, 1.54) is 0 Å². The molecule has 0 amide bonds. The number of methoxy groups -OCH3 is 1. The fraction of sp³-hybridized carbons (Fsp3) is 0.900. The monoisotopic (exact) mass is 217 g/mol. The molecule has 0 heterocycles. The third-order valence-corrected chi connectivity index (χ3v) is 2.27. The van der Waals surface area contributed by atoms with Crippen molar-refractivity contribution >= 4 is 5.84 Å². The zero-order valence-corrected chi connectivity index (χ0v) is 9.94. The fourth-order valence-electron chi connectivity index (χ4n) is 1.32. The van der Waals surface area contributed by atoms with E-state index in [1.54, 1.807) is 7.11 Å². The summed E-state index contributed by atoms with van der Waals surface area (Å²) in [5.74, 6) is 0.260. The van der Waals surface area contributed by atoms with E-state index in [9.17, 15) is 0 Å². The number of nitrogens with two attached hydrogens (primary N) is 1. The standard InChI is InChI=1S/C10H23N3O2/c1-9(2)13(8-10(11)12-14)6-4-5-7-15-3/h9,14H,4-8H2,1-3H3,(H2,11,12). The molecule has 5 nitrogen and oxygen atoms in total. The van der Waals surface area contributed by atoms with Gasteiger partial charge >= 0.3 is 0 Å². The molecule has 0 aliphatic rings. The highest BCUT2D eigenvalue weighted by Crippen LogP contribution is 2.01. The quantitative estimate of drug-likeness (QED) is 0.208. The van der Waals surface area contributed by atoms with Crippen LogP contribution in [0, 0.1) is 0 Å². The molecule has 5 heteroatoms. The van der Waals surface area contributed by atoms with E-state index in [1.807, 2.05) is 0 Å². The number of oxime groups is 1. The first-order chi connectivity index (χ1) is 7.11. The van der Waals surface area contributed by atoms with Gasteiger partial charge in [-0.25, -0.2) is 0 Å². The third kappa shape index (κ3) is 7.16. The van der Waals surface area contributed by atoms with E-state index >= 15 is 0 Å². The highest BCUT2D eigenvalue weighted by atomic mass is 16.5. The van der Waals surface area contributed by atoms with Gasteiger partial charge in [0.15, 0.2) is 5.84 Å². The average Bonchev–Trinajstić information content (AvgIpc) is 2.21. The predicted octanol–water partition coefficient (Wildman–Crippen LogP) is 0.870. The van der Waals surface area contributed by atoms with Gasteiger partial charge in [-0.2, -0.15) is 0 Å². The van der Waals surface area contributed by atoms with Gasteiger partial charge in [0, 0.05) is 19.8 Å². The Morgan fingerprint density at radius 3 is 2.60 bits per heavy atom. The van der Waals surface area contributed by atoms with Crippen LogP contribution >= 0.6 is 0 Å². The molecule has 0 atom stereocenters. The van der Waals surface area contributed by atoms with Crippen LogP contribution in [-0.4, -0.2) is 48.8 Å². The maximum atomic E-state index is 8.49. The van der Waals surface area contributed by atoms with Crippen molar-refractivity contribution in [1.82, 2.24) is 4.90 Å². The first-order valence-electron chi connectivity index (χ1n) is 5.31. The normalized spacial score (nSPS) is 12.7. The van der Waals surface area contributed by atoms with Gasteiger partial charge in [-0.3, -0.25) is 4.90 Å². The van der Waals surface area contributed by atoms with Crippen molar-refractivity contribution in [2.24, 2.45) is 10.9 Å². The first kappa shape index (κ1) is 14.2. The van der Waals surface area contributed by atoms with Crippen molar-refractivity contribution < 1.29 is 9.94 Å². The van der Waals surface area contributed by atoms with E-state index in [0.717, 1.165) is 26.0 Å². The molecular weight excluding hydrogens is 194 g/mol. The number of nitrogens with zero attached hydrogens (tertiary/aromatic N) is 2. The van der Waals surface area contributed by atoms with Crippen LogP contribution in [0.25, 0.3) is 0 Å². The second-order valence-electron chi connectivity index (χ2n) is 3.86. The lowest BCUT2D eigenvalue weighted by Gasteiger charge is -2.25. The number of hydrogen-bond acceptors (Lipinski definition) is 4. The molecule has 0 radical (unpaired) electrons. The van der Waals surface area contributed by atoms with Crippen molar-refractivity contribution in [2.45, 2.75) is 32.7 Å². The van der Waals surface area contributed by atoms with Crippen molar-refractivity contribution in [3.63, 3.8) is 0 Å². The molecule has 0 aliphatic heterocycles. The maximum absolute atomic E-state index is 8.49. The van der Waals surface area contributed by atoms with E-state index in [-0.39, 0.29) is 5.84 Å². The zero-order valence-electron chi connectivity index (χ0n) is 9.94. The SMILES string of the molecule is COCCCCN(CC(N)=NO)C(C)C. The number of hydrogen-bond donors (Lipinski definition) is 2. The summed E-state index contributed by atoms with van der Waals surface area (Å²) in [4.78, 5) is 2.17. The summed E-state index contributed by atoms with van der Waals surface area (Å²) in [5, 5.41) is 11.5. The largest absolute Gasteiger partial charge is 0.409 e. The van der Waals surface area contributed by atoms with Crippen LogP contribution in [0.1, 0.15) is 26.7 Å². The van der Waals surface area contributed by atoms with Gasteiger partial charge in [0.1, 0.15) is 0 Å². The van der Waals surface area contributed by atoms with Crippen LogP contribution in [0.5, 0.6) is 0 Å². The molecule has 90 valence electrons. The highest BCUT2D eigenvalue weighted by molar-refractivity contribution is 5.81. The molecule has 0 aromatic carbocycles. The number of rotatable bonds is 8. The molecule has 0 fully saturated rings. The van der Waals surface area contributed by atoms with Crippen molar-refractivity contribution in [1.29, 1.82) is 0 Å². The molecule has 0 rings (SSSR count). The second-order valence-corrected chi connectivity index (χ2v) is 3.86. The van der Waals surface area contributed by atoms with Gasteiger partial charge in [-0.1, -0.05) is 5.16 Å². The van der Waals surface area contributed by atoms with Crippen LogP contribution in [0.15, 0.2) is 5.16 Å². The van der Waals surface area contributed by atoms with Crippen molar-refractivity contribution in [3.05, 3.63) is 0 Å². The number of unbranched alkanes of at least 4 members (excludes halogenated alkanes) is 1. The summed E-state index contributed by atoms with van der Waals surface area (Å²) in [6.45, 7) is 6.44. The van der Waals surface area contributed by atoms with Crippen LogP contribution in [0.3, 0.4) is 0 Å². The fourth-order valence-corrected chi connectivity index (χ4v) is 1.32. The summed E-state index contributed by atoms with van der Waals surface area (Å²) in [5.41, 5.74) is 5.48. The Bertz CT molecular complexity index is 184.